The van der Waals surface area contributed by atoms with Crippen molar-refractivity contribution in [3.8, 4) is 0 Å². The summed E-state index contributed by atoms with van der Waals surface area (Å²) in [5.41, 5.74) is 5.00. The lowest BCUT2D eigenvalue weighted by Gasteiger charge is -2.01. The number of carbonyl (C=O) groups excluding carboxylic acids is 2. The predicted octanol–water partition coefficient (Wildman–Crippen LogP) is -0.454. The van der Waals surface area contributed by atoms with Gasteiger partial charge in [0.1, 0.15) is 12.1 Å². The Bertz CT molecular complexity index is 525. The zero-order valence-electron chi connectivity index (χ0n) is 14.6. The number of ether oxygens (including phenoxy) is 2. The Morgan fingerprint density at radius 2 is 1.63 bits per heavy atom. The highest BCUT2D eigenvalue weighted by Gasteiger charge is 2.32. The smallest absolute Gasteiger partial charge is 0.415 e. The first-order valence-corrected chi connectivity index (χ1v) is 8.15. The van der Waals surface area contributed by atoms with Crippen LogP contribution in [-0.2, 0) is 28.7 Å². The molecule has 0 aromatic heterocycles. The van der Waals surface area contributed by atoms with E-state index in [0.717, 1.165) is 13.2 Å². The number of cyclic esters (lactones) is 2. The first-order valence-electron chi connectivity index (χ1n) is 8.15. The molecular formula is C15H24N2O10. The third-order valence-corrected chi connectivity index (χ3v) is 3.23. The number of rotatable bonds is 7. The number of nitrogens with one attached hydrogen (secondary N) is 1. The van der Waals surface area contributed by atoms with Gasteiger partial charge in [-0.15, -0.1) is 0 Å². The molecule has 0 unspecified atom stereocenters. The summed E-state index contributed by atoms with van der Waals surface area (Å²) in [7, 11) is 0. The largest absolute Gasteiger partial charge is 0.481 e. The van der Waals surface area contributed by atoms with Crippen molar-refractivity contribution in [2.24, 2.45) is 5.73 Å². The third-order valence-electron chi connectivity index (χ3n) is 3.23. The molecule has 2 atom stereocenters. The minimum absolute atomic E-state index is 0.0231. The maximum atomic E-state index is 10.7. The van der Waals surface area contributed by atoms with Crippen LogP contribution in [0.15, 0.2) is 0 Å². The summed E-state index contributed by atoms with van der Waals surface area (Å²) in [6, 6.07) is -1.86. The van der Waals surface area contributed by atoms with Crippen LogP contribution >= 0.6 is 0 Å². The average molecular weight is 392 g/mol. The first-order chi connectivity index (χ1) is 12.6. The molecule has 2 aliphatic heterocycles. The molecule has 6 N–H and O–H groups in total. The normalized spacial score (nSPS) is 18.8. The molecule has 0 aromatic carbocycles. The van der Waals surface area contributed by atoms with E-state index in [4.69, 9.17) is 25.8 Å². The van der Waals surface area contributed by atoms with Crippen LogP contribution in [0.5, 0.6) is 0 Å². The standard InChI is InChI=1S/C6H7NO5.C5H9NO4.C4H8O/c8-4(9)2-1-3-5(10)12-6(11)7-3;6-3(5(9)10)1-2-4(7)8;1-2-4-5-3-1/h3H,1-2H2,(H,7,11)(H,8,9);3H,1-2,6H2,(H,7,8)(H,9,10);1-4H2/t2*3-;/m00./s1. The highest BCUT2D eigenvalue weighted by atomic mass is 16.6. The zero-order valence-corrected chi connectivity index (χ0v) is 14.6. The average Bonchev–Trinajstić information content (AvgIpc) is 3.24. The van der Waals surface area contributed by atoms with Crippen LogP contribution in [0.4, 0.5) is 4.79 Å². The number of aliphatic carboxylic acids is 3. The van der Waals surface area contributed by atoms with Crippen molar-refractivity contribution >= 4 is 30.0 Å². The lowest BCUT2D eigenvalue weighted by molar-refractivity contribution is -0.141. The van der Waals surface area contributed by atoms with Crippen molar-refractivity contribution in [2.45, 2.75) is 50.6 Å². The van der Waals surface area contributed by atoms with E-state index in [1.807, 2.05) is 0 Å². The molecule has 2 rings (SSSR count). The van der Waals surface area contributed by atoms with Crippen LogP contribution in [0, 0.1) is 0 Å². The number of hydrogen-bond acceptors (Lipinski definition) is 8. The van der Waals surface area contributed by atoms with Gasteiger partial charge in [-0.2, -0.15) is 0 Å². The summed E-state index contributed by atoms with van der Waals surface area (Å²) < 4.78 is 9.07. The van der Waals surface area contributed by atoms with Gasteiger partial charge in [-0.1, -0.05) is 0 Å². The van der Waals surface area contributed by atoms with E-state index in [9.17, 15) is 24.0 Å². The highest BCUT2D eigenvalue weighted by Crippen LogP contribution is 2.06. The van der Waals surface area contributed by atoms with Crippen molar-refractivity contribution in [2.75, 3.05) is 13.2 Å². The van der Waals surface area contributed by atoms with E-state index in [-0.39, 0.29) is 25.7 Å². The SMILES string of the molecule is C1CCOC1.N[C@@H](CCC(=O)O)C(=O)O.O=C(O)CC[C@@H]1NC(=O)OC1=O. The number of carboxylic acids is 3. The maximum Gasteiger partial charge on any atom is 0.415 e. The topological polar surface area (TPSA) is 203 Å². The molecule has 0 spiro atoms. The van der Waals surface area contributed by atoms with Crippen LogP contribution < -0.4 is 11.1 Å². The number of nitrogens with two attached hydrogens (primary N) is 1. The van der Waals surface area contributed by atoms with Gasteiger partial charge in [0.25, 0.3) is 0 Å². The minimum Gasteiger partial charge on any atom is -0.481 e. The monoisotopic (exact) mass is 392 g/mol. The van der Waals surface area contributed by atoms with Crippen LogP contribution in [0.25, 0.3) is 0 Å². The fraction of sp³-hybridized carbons (Fsp3) is 0.667. The Morgan fingerprint density at radius 1 is 1.07 bits per heavy atom. The molecule has 2 aliphatic rings. The first kappa shape index (κ1) is 24.3. The summed E-state index contributed by atoms with van der Waals surface area (Å²) in [6.07, 6.45) is 1.42. The Labute approximate surface area is 154 Å². The van der Waals surface area contributed by atoms with Gasteiger partial charge in [-0.3, -0.25) is 14.4 Å². The molecule has 154 valence electrons. The number of esters is 1. The fourth-order valence-electron chi connectivity index (χ4n) is 1.76. The van der Waals surface area contributed by atoms with E-state index >= 15 is 0 Å². The number of amides is 1. The molecule has 0 bridgehead atoms. The number of alkyl carbamates (subject to hydrolysis) is 1. The van der Waals surface area contributed by atoms with Crippen molar-refractivity contribution in [3.63, 3.8) is 0 Å². The van der Waals surface area contributed by atoms with Crippen LogP contribution in [0.3, 0.4) is 0 Å². The van der Waals surface area contributed by atoms with Gasteiger partial charge < -0.3 is 35.8 Å². The molecule has 0 saturated carbocycles. The van der Waals surface area contributed by atoms with Gasteiger partial charge in [0.15, 0.2) is 0 Å². The molecule has 1 amide bonds. The van der Waals surface area contributed by atoms with Gasteiger partial charge in [-0.05, 0) is 25.7 Å². The molecule has 2 fully saturated rings. The molecule has 27 heavy (non-hydrogen) atoms. The lowest BCUT2D eigenvalue weighted by Crippen LogP contribution is -2.30. The molecule has 0 aromatic rings. The van der Waals surface area contributed by atoms with E-state index in [1.165, 1.54) is 12.8 Å². The van der Waals surface area contributed by atoms with Crippen LogP contribution in [-0.4, -0.2) is 70.6 Å². The molecule has 2 saturated heterocycles. The number of carbonyl (C=O) groups is 5. The van der Waals surface area contributed by atoms with Gasteiger partial charge >= 0.3 is 30.0 Å². The zero-order chi connectivity index (χ0) is 20.8. The molecule has 0 aliphatic carbocycles. The van der Waals surface area contributed by atoms with Gasteiger partial charge in [0.05, 0.1) is 0 Å². The summed E-state index contributed by atoms with van der Waals surface area (Å²) in [5, 5.41) is 26.7. The number of hydrogen-bond donors (Lipinski definition) is 5. The molecule has 0 radical (unpaired) electrons. The van der Waals surface area contributed by atoms with E-state index in [2.05, 4.69) is 10.1 Å². The van der Waals surface area contributed by atoms with Crippen LogP contribution in [0.2, 0.25) is 0 Å². The second kappa shape index (κ2) is 13.5. The third kappa shape index (κ3) is 13.2. The van der Waals surface area contributed by atoms with E-state index in [0.29, 0.717) is 0 Å². The maximum absolute atomic E-state index is 10.7. The molecule has 12 nitrogen and oxygen atoms in total. The van der Waals surface area contributed by atoms with Crippen molar-refractivity contribution in [3.05, 3.63) is 0 Å². The van der Waals surface area contributed by atoms with Crippen molar-refractivity contribution in [1.82, 2.24) is 5.32 Å². The quantitative estimate of drug-likeness (QED) is 0.277. The molecule has 12 heteroatoms. The van der Waals surface area contributed by atoms with Crippen molar-refractivity contribution < 1.29 is 48.8 Å². The minimum atomic E-state index is -1.17. The molecular weight excluding hydrogens is 368 g/mol. The summed E-state index contributed by atoms with van der Waals surface area (Å²) in [5.74, 6) is -3.91. The highest BCUT2D eigenvalue weighted by molar-refractivity contribution is 5.95. The lowest BCUT2D eigenvalue weighted by atomic mass is 10.2. The Kier molecular flexibility index (Phi) is 12.1. The summed E-state index contributed by atoms with van der Waals surface area (Å²) in [6.45, 7) is 2.00. The van der Waals surface area contributed by atoms with Crippen LogP contribution in [0.1, 0.15) is 38.5 Å². The van der Waals surface area contributed by atoms with Gasteiger partial charge in [0, 0.05) is 26.1 Å². The predicted molar refractivity (Wildman–Crippen MR) is 87.8 cm³/mol. The Hall–Kier alpha value is -2.73. The van der Waals surface area contributed by atoms with Gasteiger partial charge in [0.2, 0.25) is 0 Å². The molecule has 2 heterocycles. The van der Waals surface area contributed by atoms with E-state index < -0.39 is 42.1 Å². The Balaban J connectivity index is 0.000000405. The summed E-state index contributed by atoms with van der Waals surface area (Å²) >= 11 is 0. The van der Waals surface area contributed by atoms with Crippen molar-refractivity contribution in [1.29, 1.82) is 0 Å². The second-order valence-corrected chi connectivity index (χ2v) is 5.53. The number of carboxylic acid groups (broad SMARTS) is 3. The fourth-order valence-corrected chi connectivity index (χ4v) is 1.76. The van der Waals surface area contributed by atoms with E-state index in [1.54, 1.807) is 0 Å². The van der Waals surface area contributed by atoms with Gasteiger partial charge in [-0.25, -0.2) is 9.59 Å². The summed E-state index contributed by atoms with van der Waals surface area (Å²) in [4.78, 5) is 51.1. The second-order valence-electron chi connectivity index (χ2n) is 5.53. The Morgan fingerprint density at radius 3 is 1.96 bits per heavy atom.